The molecular formula is C34H38ClN3O4. The van der Waals surface area contributed by atoms with Gasteiger partial charge in [0.2, 0.25) is 0 Å². The fourth-order valence-corrected chi connectivity index (χ4v) is 5.59. The molecule has 1 unspecified atom stereocenters. The van der Waals surface area contributed by atoms with Gasteiger partial charge in [0.1, 0.15) is 23.8 Å². The average molecular weight is 588 g/mol. The lowest BCUT2D eigenvalue weighted by Gasteiger charge is -2.37. The van der Waals surface area contributed by atoms with Gasteiger partial charge in [-0.25, -0.2) is 9.78 Å². The van der Waals surface area contributed by atoms with Crippen LogP contribution in [-0.4, -0.2) is 44.5 Å². The van der Waals surface area contributed by atoms with Crippen molar-refractivity contribution in [3.8, 4) is 5.75 Å². The number of ether oxygens (including phenoxy) is 2. The molecule has 0 radical (unpaired) electrons. The van der Waals surface area contributed by atoms with Crippen LogP contribution >= 0.6 is 11.6 Å². The Hall–Kier alpha value is -3.84. The van der Waals surface area contributed by atoms with Gasteiger partial charge in [0.25, 0.3) is 0 Å². The molecule has 1 aromatic heterocycles. The number of imidazole rings is 1. The molecule has 220 valence electrons. The van der Waals surface area contributed by atoms with Crippen molar-refractivity contribution < 1.29 is 19.1 Å². The Balaban J connectivity index is 1.36. The zero-order chi connectivity index (χ0) is 29.7. The number of rotatable bonds is 9. The summed E-state index contributed by atoms with van der Waals surface area (Å²) in [6.45, 7) is 7.42. The van der Waals surface area contributed by atoms with Gasteiger partial charge in [-0.1, -0.05) is 41.9 Å². The minimum Gasteiger partial charge on any atom is -0.486 e. The topological polar surface area (TPSA) is 73.7 Å². The number of likely N-dealkylation sites (tertiary alicyclic amines) is 1. The van der Waals surface area contributed by atoms with E-state index in [0.29, 0.717) is 28.4 Å². The third-order valence-corrected chi connectivity index (χ3v) is 7.73. The molecule has 1 fully saturated rings. The molecule has 1 aliphatic heterocycles. The average Bonchev–Trinajstić information content (AvgIpc) is 3.32. The SMILES string of the molecule is CC(C)(C)OC(=O)N1CCCCC1CCCn1c(COc2ccc(Cl)cc2)nc2cc(C(=O)c3ccccc3)ccc21. The van der Waals surface area contributed by atoms with Crippen LogP contribution in [0.1, 0.15) is 74.6 Å². The number of hydrogen-bond donors (Lipinski definition) is 0. The minimum absolute atomic E-state index is 0.0365. The normalized spacial score (nSPS) is 15.5. The lowest BCUT2D eigenvalue weighted by Crippen LogP contribution is -2.46. The molecular weight excluding hydrogens is 550 g/mol. The van der Waals surface area contributed by atoms with Gasteiger partial charge in [-0.2, -0.15) is 0 Å². The first kappa shape index (κ1) is 29.6. The standard InChI is InChI=1S/C34H38ClN3O4/c1-34(2,3)42-33(40)37-20-8-7-12-27(37)13-9-21-38-30-19-14-25(32(39)24-10-5-4-6-11-24)22-29(30)36-31(38)23-41-28-17-15-26(35)16-18-28/h4-6,10-11,14-19,22,27H,7-9,12-13,20-21,23H2,1-3H3. The number of piperidine rings is 1. The van der Waals surface area contributed by atoms with Crippen LogP contribution in [-0.2, 0) is 17.9 Å². The van der Waals surface area contributed by atoms with Gasteiger partial charge in [-0.3, -0.25) is 4.79 Å². The summed E-state index contributed by atoms with van der Waals surface area (Å²) in [7, 11) is 0. The van der Waals surface area contributed by atoms with Crippen LogP contribution in [0.25, 0.3) is 11.0 Å². The second-order valence-corrected chi connectivity index (χ2v) is 12.2. The van der Waals surface area contributed by atoms with Crippen LogP contribution in [0.5, 0.6) is 5.75 Å². The summed E-state index contributed by atoms with van der Waals surface area (Å²) in [6.07, 6.45) is 4.57. The molecule has 3 aromatic carbocycles. The van der Waals surface area contributed by atoms with E-state index in [1.165, 1.54) is 0 Å². The second kappa shape index (κ2) is 13.0. The quantitative estimate of drug-likeness (QED) is 0.185. The molecule has 1 aliphatic rings. The highest BCUT2D eigenvalue weighted by atomic mass is 35.5. The van der Waals surface area contributed by atoms with Crippen LogP contribution < -0.4 is 4.74 Å². The van der Waals surface area contributed by atoms with Crippen LogP contribution in [0.3, 0.4) is 0 Å². The van der Waals surface area contributed by atoms with Gasteiger partial charge in [-0.05, 0) is 95.3 Å². The van der Waals surface area contributed by atoms with Gasteiger partial charge in [0.05, 0.1) is 11.0 Å². The zero-order valence-corrected chi connectivity index (χ0v) is 25.3. The van der Waals surface area contributed by atoms with Crippen molar-refractivity contribution in [2.75, 3.05) is 6.54 Å². The van der Waals surface area contributed by atoms with E-state index in [1.54, 1.807) is 12.1 Å². The van der Waals surface area contributed by atoms with Crippen LogP contribution in [0.2, 0.25) is 5.02 Å². The monoisotopic (exact) mass is 587 g/mol. The van der Waals surface area contributed by atoms with Gasteiger partial charge < -0.3 is 18.9 Å². The zero-order valence-electron chi connectivity index (χ0n) is 24.5. The van der Waals surface area contributed by atoms with E-state index in [4.69, 9.17) is 26.1 Å². The van der Waals surface area contributed by atoms with E-state index in [2.05, 4.69) is 4.57 Å². The fraction of sp³-hybridized carbons (Fsp3) is 0.382. The molecule has 1 atom stereocenters. The third-order valence-electron chi connectivity index (χ3n) is 7.48. The van der Waals surface area contributed by atoms with Crippen molar-refractivity contribution in [1.82, 2.24) is 14.5 Å². The third kappa shape index (κ3) is 7.32. The number of halogens is 1. The Labute approximate surface area is 252 Å². The fourth-order valence-electron chi connectivity index (χ4n) is 5.46. The molecule has 0 aliphatic carbocycles. The first-order valence-electron chi connectivity index (χ1n) is 14.6. The highest BCUT2D eigenvalue weighted by molar-refractivity contribution is 6.30. The number of hydrogen-bond acceptors (Lipinski definition) is 5. The molecule has 1 saturated heterocycles. The summed E-state index contributed by atoms with van der Waals surface area (Å²) in [6, 6.07) is 22.4. The van der Waals surface area contributed by atoms with E-state index >= 15 is 0 Å². The molecule has 5 rings (SSSR count). The van der Waals surface area contributed by atoms with Gasteiger partial charge in [0.15, 0.2) is 5.78 Å². The largest absolute Gasteiger partial charge is 0.486 e. The summed E-state index contributed by atoms with van der Waals surface area (Å²) in [4.78, 5) is 32.9. The predicted molar refractivity (Wildman–Crippen MR) is 165 cm³/mol. The summed E-state index contributed by atoms with van der Waals surface area (Å²) >= 11 is 6.04. The van der Waals surface area contributed by atoms with Crippen molar-refractivity contribution in [2.24, 2.45) is 0 Å². The van der Waals surface area contributed by atoms with Crippen molar-refractivity contribution in [3.63, 3.8) is 0 Å². The van der Waals surface area contributed by atoms with E-state index < -0.39 is 5.60 Å². The summed E-state index contributed by atoms with van der Waals surface area (Å²) in [5, 5.41) is 0.647. The molecule has 42 heavy (non-hydrogen) atoms. The number of ketones is 1. The Kier molecular flexibility index (Phi) is 9.17. The van der Waals surface area contributed by atoms with Crippen molar-refractivity contribution >= 4 is 34.5 Å². The van der Waals surface area contributed by atoms with E-state index in [0.717, 1.165) is 55.5 Å². The molecule has 8 heteroatoms. The molecule has 2 heterocycles. The van der Waals surface area contributed by atoms with Crippen LogP contribution in [0, 0.1) is 0 Å². The molecule has 0 spiro atoms. The molecule has 0 saturated carbocycles. The second-order valence-electron chi connectivity index (χ2n) is 11.8. The predicted octanol–water partition coefficient (Wildman–Crippen LogP) is 8.07. The lowest BCUT2D eigenvalue weighted by molar-refractivity contribution is 0.00851. The molecule has 7 nitrogen and oxygen atoms in total. The van der Waals surface area contributed by atoms with Gasteiger partial charge in [-0.15, -0.1) is 0 Å². The highest BCUT2D eigenvalue weighted by Gasteiger charge is 2.30. The van der Waals surface area contributed by atoms with Crippen LogP contribution in [0.15, 0.2) is 72.8 Å². The molecule has 0 N–H and O–H groups in total. The number of fused-ring (bicyclic) bond motifs is 1. The van der Waals surface area contributed by atoms with Crippen molar-refractivity contribution in [1.29, 1.82) is 0 Å². The molecule has 1 amide bonds. The Morgan fingerprint density at radius 1 is 0.976 bits per heavy atom. The number of amides is 1. The Morgan fingerprint density at radius 2 is 1.74 bits per heavy atom. The smallest absolute Gasteiger partial charge is 0.410 e. The van der Waals surface area contributed by atoms with E-state index in [-0.39, 0.29) is 24.5 Å². The number of aryl methyl sites for hydroxylation is 1. The van der Waals surface area contributed by atoms with Crippen molar-refractivity contribution in [3.05, 3.63) is 94.8 Å². The molecule has 0 bridgehead atoms. The maximum atomic E-state index is 13.1. The molecule has 4 aromatic rings. The number of carbonyl (C=O) groups is 2. The van der Waals surface area contributed by atoms with Crippen LogP contribution in [0.4, 0.5) is 4.79 Å². The number of carbonyl (C=O) groups excluding carboxylic acids is 2. The number of nitrogens with zero attached hydrogens (tertiary/aromatic N) is 3. The van der Waals surface area contributed by atoms with Gasteiger partial charge in [0, 0.05) is 35.3 Å². The first-order chi connectivity index (χ1) is 20.2. The summed E-state index contributed by atoms with van der Waals surface area (Å²) < 4.78 is 13.9. The maximum absolute atomic E-state index is 13.1. The first-order valence-corrected chi connectivity index (χ1v) is 15.0. The highest BCUT2D eigenvalue weighted by Crippen LogP contribution is 2.26. The number of benzene rings is 3. The van der Waals surface area contributed by atoms with Gasteiger partial charge >= 0.3 is 6.09 Å². The van der Waals surface area contributed by atoms with Crippen molar-refractivity contribution in [2.45, 2.75) is 77.7 Å². The van der Waals surface area contributed by atoms with E-state index in [9.17, 15) is 9.59 Å². The Bertz CT molecular complexity index is 1530. The Morgan fingerprint density at radius 3 is 2.48 bits per heavy atom. The minimum atomic E-state index is -0.519. The van der Waals surface area contributed by atoms with E-state index in [1.807, 2.05) is 86.3 Å². The lowest BCUT2D eigenvalue weighted by atomic mass is 9.98. The number of aromatic nitrogens is 2. The summed E-state index contributed by atoms with van der Waals surface area (Å²) in [5.74, 6) is 1.44. The summed E-state index contributed by atoms with van der Waals surface area (Å²) in [5.41, 5.74) is 2.42. The maximum Gasteiger partial charge on any atom is 0.410 e.